The van der Waals surface area contributed by atoms with Crippen LogP contribution in [0, 0.1) is 0 Å². The second-order valence-electron chi connectivity index (χ2n) is 6.84. The van der Waals surface area contributed by atoms with Gasteiger partial charge >= 0.3 is 0 Å². The van der Waals surface area contributed by atoms with Crippen LogP contribution in [0.25, 0.3) is 5.69 Å². The van der Waals surface area contributed by atoms with E-state index >= 15 is 0 Å². The number of H-pyrrole nitrogens is 1. The fourth-order valence-corrected chi connectivity index (χ4v) is 3.52. The molecule has 1 unspecified atom stereocenters. The number of nitrogens with zero attached hydrogens (tertiary/aromatic N) is 4. The maximum atomic E-state index is 12.8. The topological polar surface area (TPSA) is 95.9 Å². The highest BCUT2D eigenvalue weighted by molar-refractivity contribution is 5.97. The maximum Gasteiger partial charge on any atom is 0.247 e. The molecule has 1 aromatic carbocycles. The molecule has 2 amide bonds. The number of nitrogens with one attached hydrogen (secondary N) is 2. The van der Waals surface area contributed by atoms with Crippen molar-refractivity contribution in [2.24, 2.45) is 0 Å². The van der Waals surface area contributed by atoms with E-state index in [-0.39, 0.29) is 11.8 Å². The number of likely N-dealkylation sites (tertiary alicyclic amines) is 1. The summed E-state index contributed by atoms with van der Waals surface area (Å²) in [6, 6.07) is 8.91. The maximum absolute atomic E-state index is 12.8. The first kappa shape index (κ1) is 18.0. The van der Waals surface area contributed by atoms with Gasteiger partial charge in [0.25, 0.3) is 0 Å². The van der Waals surface area contributed by atoms with Crippen LogP contribution in [0.1, 0.15) is 24.8 Å². The quantitative estimate of drug-likeness (QED) is 0.687. The van der Waals surface area contributed by atoms with Gasteiger partial charge in [-0.25, -0.2) is 4.68 Å². The molecule has 1 saturated heterocycles. The second kappa shape index (κ2) is 8.08. The van der Waals surface area contributed by atoms with Crippen molar-refractivity contribution in [2.45, 2.75) is 31.7 Å². The zero-order valence-electron chi connectivity index (χ0n) is 15.4. The van der Waals surface area contributed by atoms with Crippen LogP contribution < -0.4 is 5.32 Å². The molecule has 4 rings (SSSR count). The molecule has 0 bridgehead atoms. The first-order chi connectivity index (χ1) is 13.7. The number of anilines is 1. The third kappa shape index (κ3) is 3.95. The minimum absolute atomic E-state index is 0.00384. The minimum atomic E-state index is -0.426. The monoisotopic (exact) mass is 378 g/mol. The normalized spacial score (nSPS) is 16.3. The Bertz CT molecular complexity index is 936. The molecule has 8 heteroatoms. The van der Waals surface area contributed by atoms with Crippen LogP contribution in [0.5, 0.6) is 0 Å². The molecule has 28 heavy (non-hydrogen) atoms. The molecule has 3 aromatic rings. The standard InChI is InChI=1S/C20H22N6O2/c27-19(8-7-15-13-21-22-14-15)25-10-2-6-18(25)20(28)24-16-4-1-5-17(12-16)26-11-3-9-23-26/h1,3-5,9,11-14,18H,2,6-8,10H2,(H,21,22)(H,24,28). The average Bonchev–Trinajstić information content (AvgIpc) is 3.49. The highest BCUT2D eigenvalue weighted by Crippen LogP contribution is 2.21. The predicted octanol–water partition coefficient (Wildman–Crippen LogP) is 2.16. The van der Waals surface area contributed by atoms with Crippen molar-refractivity contribution in [3.8, 4) is 5.69 Å². The van der Waals surface area contributed by atoms with Crippen LogP contribution in [0.4, 0.5) is 5.69 Å². The Labute approximate surface area is 162 Å². The highest BCUT2D eigenvalue weighted by atomic mass is 16.2. The van der Waals surface area contributed by atoms with Crippen molar-refractivity contribution in [1.82, 2.24) is 24.9 Å². The molecule has 1 fully saturated rings. The van der Waals surface area contributed by atoms with E-state index in [0.717, 1.165) is 17.7 Å². The molecular formula is C20H22N6O2. The van der Waals surface area contributed by atoms with Crippen molar-refractivity contribution in [2.75, 3.05) is 11.9 Å². The van der Waals surface area contributed by atoms with E-state index in [4.69, 9.17) is 0 Å². The number of aryl methyl sites for hydroxylation is 1. The summed E-state index contributed by atoms with van der Waals surface area (Å²) in [4.78, 5) is 27.1. The first-order valence-corrected chi connectivity index (χ1v) is 9.39. The van der Waals surface area contributed by atoms with Crippen LogP contribution >= 0.6 is 0 Å². The zero-order chi connectivity index (χ0) is 19.3. The van der Waals surface area contributed by atoms with Crippen molar-refractivity contribution >= 4 is 17.5 Å². The second-order valence-corrected chi connectivity index (χ2v) is 6.84. The molecule has 0 radical (unpaired) electrons. The minimum Gasteiger partial charge on any atom is -0.331 e. The van der Waals surface area contributed by atoms with Gasteiger partial charge in [0, 0.05) is 37.2 Å². The Morgan fingerprint density at radius 3 is 3.00 bits per heavy atom. The number of hydrogen-bond acceptors (Lipinski definition) is 4. The fourth-order valence-electron chi connectivity index (χ4n) is 3.52. The predicted molar refractivity (Wildman–Crippen MR) is 104 cm³/mol. The molecule has 2 N–H and O–H groups in total. The Hall–Kier alpha value is -3.42. The van der Waals surface area contributed by atoms with E-state index in [2.05, 4.69) is 20.6 Å². The van der Waals surface area contributed by atoms with Crippen molar-refractivity contribution in [3.63, 3.8) is 0 Å². The summed E-state index contributed by atoms with van der Waals surface area (Å²) in [5, 5.41) is 13.8. The molecule has 1 aliphatic heterocycles. The van der Waals surface area contributed by atoms with Crippen LogP contribution in [0.2, 0.25) is 0 Å². The Morgan fingerprint density at radius 2 is 2.21 bits per heavy atom. The number of benzene rings is 1. The van der Waals surface area contributed by atoms with Gasteiger partial charge in [0.2, 0.25) is 11.8 Å². The molecule has 1 atom stereocenters. The van der Waals surface area contributed by atoms with E-state index in [1.54, 1.807) is 28.2 Å². The lowest BCUT2D eigenvalue weighted by Gasteiger charge is -2.24. The zero-order valence-corrected chi connectivity index (χ0v) is 15.4. The summed E-state index contributed by atoms with van der Waals surface area (Å²) in [7, 11) is 0. The number of amides is 2. The lowest BCUT2D eigenvalue weighted by Crippen LogP contribution is -2.43. The Balaban J connectivity index is 1.39. The first-order valence-electron chi connectivity index (χ1n) is 9.39. The molecule has 0 aliphatic carbocycles. The van der Waals surface area contributed by atoms with Crippen molar-refractivity contribution in [3.05, 3.63) is 60.7 Å². The third-order valence-electron chi connectivity index (χ3n) is 4.94. The molecule has 2 aromatic heterocycles. The molecule has 3 heterocycles. The van der Waals surface area contributed by atoms with E-state index in [1.807, 2.05) is 36.5 Å². The van der Waals surface area contributed by atoms with Gasteiger partial charge in [-0.05, 0) is 49.1 Å². The van der Waals surface area contributed by atoms with E-state index in [9.17, 15) is 9.59 Å². The smallest absolute Gasteiger partial charge is 0.247 e. The molecule has 144 valence electrons. The average molecular weight is 378 g/mol. The number of rotatable bonds is 6. The largest absolute Gasteiger partial charge is 0.331 e. The number of hydrogen-bond donors (Lipinski definition) is 2. The Morgan fingerprint density at radius 1 is 1.29 bits per heavy atom. The van der Waals surface area contributed by atoms with Crippen LogP contribution in [0.3, 0.4) is 0 Å². The van der Waals surface area contributed by atoms with Gasteiger partial charge in [0.1, 0.15) is 6.04 Å². The summed E-state index contributed by atoms with van der Waals surface area (Å²) < 4.78 is 1.73. The summed E-state index contributed by atoms with van der Waals surface area (Å²) in [6.07, 6.45) is 9.56. The Kier molecular flexibility index (Phi) is 5.18. The number of aromatic amines is 1. The summed E-state index contributed by atoms with van der Waals surface area (Å²) in [6.45, 7) is 0.621. The summed E-state index contributed by atoms with van der Waals surface area (Å²) in [5.41, 5.74) is 2.54. The van der Waals surface area contributed by atoms with Crippen LogP contribution in [0.15, 0.2) is 55.1 Å². The molecule has 0 saturated carbocycles. The van der Waals surface area contributed by atoms with Gasteiger partial charge in [-0.2, -0.15) is 10.2 Å². The highest BCUT2D eigenvalue weighted by Gasteiger charge is 2.33. The van der Waals surface area contributed by atoms with Crippen molar-refractivity contribution < 1.29 is 9.59 Å². The third-order valence-corrected chi connectivity index (χ3v) is 4.94. The van der Waals surface area contributed by atoms with Gasteiger partial charge < -0.3 is 10.2 Å². The van der Waals surface area contributed by atoms with Crippen molar-refractivity contribution in [1.29, 1.82) is 0 Å². The number of carbonyl (C=O) groups is 2. The van der Waals surface area contributed by atoms with Gasteiger partial charge in [-0.1, -0.05) is 6.07 Å². The van der Waals surface area contributed by atoms with E-state index < -0.39 is 6.04 Å². The van der Waals surface area contributed by atoms with E-state index in [0.29, 0.717) is 31.5 Å². The van der Waals surface area contributed by atoms with Crippen LogP contribution in [-0.2, 0) is 16.0 Å². The number of aromatic nitrogens is 4. The summed E-state index contributed by atoms with van der Waals surface area (Å²) in [5.74, 6) is -0.143. The van der Waals surface area contributed by atoms with Gasteiger partial charge in [0.05, 0.1) is 11.9 Å². The van der Waals surface area contributed by atoms with Gasteiger partial charge in [0.15, 0.2) is 0 Å². The van der Waals surface area contributed by atoms with Gasteiger partial charge in [-0.3, -0.25) is 14.7 Å². The molecular weight excluding hydrogens is 356 g/mol. The summed E-state index contributed by atoms with van der Waals surface area (Å²) >= 11 is 0. The fraction of sp³-hybridized carbons (Fsp3) is 0.300. The molecule has 8 nitrogen and oxygen atoms in total. The number of carbonyl (C=O) groups excluding carboxylic acids is 2. The lowest BCUT2D eigenvalue weighted by atomic mass is 10.1. The lowest BCUT2D eigenvalue weighted by molar-refractivity contribution is -0.136. The van der Waals surface area contributed by atoms with Crippen LogP contribution in [-0.4, -0.2) is 49.3 Å². The van der Waals surface area contributed by atoms with Gasteiger partial charge in [-0.15, -0.1) is 0 Å². The SMILES string of the molecule is O=C(Nc1cccc(-n2cccn2)c1)C1CCCN1C(=O)CCc1cn[nH]c1. The van der Waals surface area contributed by atoms with E-state index in [1.165, 1.54) is 0 Å². The molecule has 0 spiro atoms. The molecule has 1 aliphatic rings.